The van der Waals surface area contributed by atoms with E-state index < -0.39 is 0 Å². The van der Waals surface area contributed by atoms with Crippen LogP contribution in [0.2, 0.25) is 0 Å². The summed E-state index contributed by atoms with van der Waals surface area (Å²) >= 11 is 1.99. The minimum absolute atomic E-state index is 0.549. The third kappa shape index (κ3) is 4.37. The number of benzene rings is 1. The lowest BCUT2D eigenvalue weighted by Crippen LogP contribution is -2.31. The summed E-state index contributed by atoms with van der Waals surface area (Å²) < 4.78 is 5.01. The van der Waals surface area contributed by atoms with Crippen molar-refractivity contribution in [1.82, 2.24) is 5.32 Å². The van der Waals surface area contributed by atoms with Crippen molar-refractivity contribution in [1.29, 1.82) is 5.26 Å². The fraction of sp³-hybridized carbons (Fsp3) is 0.562. The summed E-state index contributed by atoms with van der Waals surface area (Å²) in [5.74, 6) is 2.38. The fourth-order valence-electron chi connectivity index (χ4n) is 2.52. The Balaban J connectivity index is 2.04. The molecule has 1 unspecified atom stereocenters. The van der Waals surface area contributed by atoms with Crippen molar-refractivity contribution in [2.75, 3.05) is 43.7 Å². The van der Waals surface area contributed by atoms with Crippen molar-refractivity contribution in [3.05, 3.63) is 29.3 Å². The van der Waals surface area contributed by atoms with E-state index in [1.165, 1.54) is 12.2 Å². The summed E-state index contributed by atoms with van der Waals surface area (Å²) in [5, 5.41) is 12.7. The highest BCUT2D eigenvalue weighted by Gasteiger charge is 2.22. The molecule has 0 aliphatic carbocycles. The largest absolute Gasteiger partial charge is 0.383 e. The van der Waals surface area contributed by atoms with E-state index in [0.717, 1.165) is 35.7 Å². The number of nitriles is 1. The third-order valence-corrected chi connectivity index (χ3v) is 4.97. The predicted octanol–water partition coefficient (Wildman–Crippen LogP) is 2.24. The quantitative estimate of drug-likeness (QED) is 0.783. The second kappa shape index (κ2) is 8.28. The number of rotatable bonds is 7. The van der Waals surface area contributed by atoms with Crippen molar-refractivity contribution in [3.63, 3.8) is 0 Å². The molecular formula is C16H23N3OS. The van der Waals surface area contributed by atoms with Gasteiger partial charge in [-0.05, 0) is 29.9 Å². The summed E-state index contributed by atoms with van der Waals surface area (Å²) in [6.45, 7) is 2.28. The first-order chi connectivity index (χ1) is 10.3. The molecule has 1 aromatic carbocycles. The molecule has 4 nitrogen and oxygen atoms in total. The minimum Gasteiger partial charge on any atom is -0.383 e. The highest BCUT2D eigenvalue weighted by molar-refractivity contribution is 7.99. The lowest BCUT2D eigenvalue weighted by atomic mass is 10.1. The van der Waals surface area contributed by atoms with E-state index in [1.807, 2.05) is 17.8 Å². The molecule has 0 radical (unpaired) electrons. The smallest absolute Gasteiger partial charge is 0.101 e. The van der Waals surface area contributed by atoms with Gasteiger partial charge in [-0.2, -0.15) is 17.0 Å². The van der Waals surface area contributed by atoms with Gasteiger partial charge in [0, 0.05) is 39.0 Å². The second-order valence-corrected chi connectivity index (χ2v) is 6.41. The molecule has 1 atom stereocenters. The topological polar surface area (TPSA) is 48.3 Å². The molecule has 1 aliphatic heterocycles. The molecule has 0 aromatic heterocycles. The average molecular weight is 305 g/mol. The molecule has 1 aromatic rings. The van der Waals surface area contributed by atoms with Crippen LogP contribution in [0.1, 0.15) is 17.5 Å². The molecule has 0 saturated carbocycles. The van der Waals surface area contributed by atoms with Crippen LogP contribution in [0.15, 0.2) is 18.2 Å². The zero-order valence-electron chi connectivity index (χ0n) is 12.8. The maximum Gasteiger partial charge on any atom is 0.101 e. The molecule has 1 aliphatic rings. The Hall–Kier alpha value is -1.22. The molecule has 2 rings (SSSR count). The van der Waals surface area contributed by atoms with Gasteiger partial charge in [0.1, 0.15) is 6.07 Å². The van der Waals surface area contributed by atoms with Crippen LogP contribution in [-0.4, -0.2) is 44.9 Å². The molecular weight excluding hydrogens is 282 g/mol. The van der Waals surface area contributed by atoms with Crippen molar-refractivity contribution < 1.29 is 4.74 Å². The molecule has 1 fully saturated rings. The SMILES string of the molecule is COCCNCc1ccc(N(C)C2CCSC2)c(C#N)c1. The zero-order valence-corrected chi connectivity index (χ0v) is 13.6. The summed E-state index contributed by atoms with van der Waals surface area (Å²) in [4.78, 5) is 2.26. The van der Waals surface area contributed by atoms with Gasteiger partial charge in [-0.25, -0.2) is 0 Å². The monoisotopic (exact) mass is 305 g/mol. The number of anilines is 1. The van der Waals surface area contributed by atoms with Gasteiger partial charge in [-0.15, -0.1) is 0 Å². The van der Waals surface area contributed by atoms with Crippen LogP contribution in [0, 0.1) is 11.3 Å². The Bertz CT molecular complexity index is 495. The number of nitrogens with zero attached hydrogens (tertiary/aromatic N) is 2. The number of thioether (sulfide) groups is 1. The van der Waals surface area contributed by atoms with E-state index in [4.69, 9.17) is 4.74 Å². The van der Waals surface area contributed by atoms with Crippen LogP contribution in [0.4, 0.5) is 5.69 Å². The number of nitrogens with one attached hydrogen (secondary N) is 1. The molecule has 5 heteroatoms. The second-order valence-electron chi connectivity index (χ2n) is 5.26. The Labute approximate surface area is 131 Å². The lowest BCUT2D eigenvalue weighted by Gasteiger charge is -2.27. The Morgan fingerprint density at radius 3 is 3.05 bits per heavy atom. The van der Waals surface area contributed by atoms with E-state index in [9.17, 15) is 5.26 Å². The lowest BCUT2D eigenvalue weighted by molar-refractivity contribution is 0.199. The number of hydrogen-bond donors (Lipinski definition) is 1. The fourth-order valence-corrected chi connectivity index (χ4v) is 3.79. The van der Waals surface area contributed by atoms with Gasteiger partial charge in [-0.3, -0.25) is 0 Å². The van der Waals surface area contributed by atoms with Gasteiger partial charge < -0.3 is 15.0 Å². The first-order valence-corrected chi connectivity index (χ1v) is 8.45. The molecule has 0 amide bonds. The van der Waals surface area contributed by atoms with Gasteiger partial charge in [0.05, 0.1) is 17.9 Å². The molecule has 114 valence electrons. The van der Waals surface area contributed by atoms with Gasteiger partial charge in [0.25, 0.3) is 0 Å². The van der Waals surface area contributed by atoms with Crippen molar-refractivity contribution >= 4 is 17.4 Å². The Morgan fingerprint density at radius 1 is 1.52 bits per heavy atom. The summed E-state index contributed by atoms with van der Waals surface area (Å²) in [5.41, 5.74) is 2.95. The van der Waals surface area contributed by atoms with Crippen LogP contribution in [0.3, 0.4) is 0 Å². The Kier molecular flexibility index (Phi) is 6.37. The molecule has 1 saturated heterocycles. The van der Waals surface area contributed by atoms with Crippen molar-refractivity contribution in [2.24, 2.45) is 0 Å². The standard InChI is InChI=1S/C16H23N3OS/c1-19(15-5-8-21-12-15)16-4-3-13(9-14(16)10-17)11-18-6-7-20-2/h3-4,9,15,18H,5-8,11-12H2,1-2H3. The predicted molar refractivity (Wildman–Crippen MR) is 88.9 cm³/mol. The van der Waals surface area contributed by atoms with Gasteiger partial charge >= 0.3 is 0 Å². The average Bonchev–Trinajstić information content (AvgIpc) is 3.05. The maximum atomic E-state index is 9.42. The number of ether oxygens (including phenoxy) is 1. The highest BCUT2D eigenvalue weighted by atomic mass is 32.2. The van der Waals surface area contributed by atoms with Gasteiger partial charge in [0.2, 0.25) is 0 Å². The highest BCUT2D eigenvalue weighted by Crippen LogP contribution is 2.28. The van der Waals surface area contributed by atoms with Crippen molar-refractivity contribution in [3.8, 4) is 6.07 Å². The van der Waals surface area contributed by atoms with Crippen LogP contribution in [-0.2, 0) is 11.3 Å². The molecule has 1 heterocycles. The molecule has 0 bridgehead atoms. The third-order valence-electron chi connectivity index (χ3n) is 3.83. The summed E-state index contributed by atoms with van der Waals surface area (Å²) in [7, 11) is 3.80. The van der Waals surface area contributed by atoms with Gasteiger partial charge in [0.15, 0.2) is 0 Å². The molecule has 0 spiro atoms. The van der Waals surface area contributed by atoms with Crippen LogP contribution in [0.25, 0.3) is 0 Å². The zero-order chi connectivity index (χ0) is 15.1. The maximum absolute atomic E-state index is 9.42. The first-order valence-electron chi connectivity index (χ1n) is 7.29. The summed E-state index contributed by atoms with van der Waals surface area (Å²) in [6.07, 6.45) is 1.20. The van der Waals surface area contributed by atoms with Crippen LogP contribution >= 0.6 is 11.8 Å². The van der Waals surface area contributed by atoms with E-state index in [0.29, 0.717) is 12.6 Å². The van der Waals surface area contributed by atoms with Crippen molar-refractivity contribution in [2.45, 2.75) is 19.0 Å². The van der Waals surface area contributed by atoms with E-state index in [-0.39, 0.29) is 0 Å². The van der Waals surface area contributed by atoms with Crippen LogP contribution < -0.4 is 10.2 Å². The first kappa shape index (κ1) is 16.2. The van der Waals surface area contributed by atoms with E-state index in [1.54, 1.807) is 7.11 Å². The summed E-state index contributed by atoms with van der Waals surface area (Å²) in [6, 6.07) is 9.07. The normalized spacial score (nSPS) is 17.7. The van der Waals surface area contributed by atoms with E-state index in [2.05, 4.69) is 35.5 Å². The molecule has 21 heavy (non-hydrogen) atoms. The number of hydrogen-bond acceptors (Lipinski definition) is 5. The minimum atomic E-state index is 0.549. The molecule has 1 N–H and O–H groups in total. The van der Waals surface area contributed by atoms with E-state index >= 15 is 0 Å². The van der Waals surface area contributed by atoms with Gasteiger partial charge in [-0.1, -0.05) is 6.07 Å². The number of methoxy groups -OCH3 is 1. The Morgan fingerprint density at radius 2 is 2.38 bits per heavy atom. The van der Waals surface area contributed by atoms with Crippen LogP contribution in [0.5, 0.6) is 0 Å².